The van der Waals surface area contributed by atoms with Crippen molar-refractivity contribution < 1.29 is 14.3 Å². The van der Waals surface area contributed by atoms with E-state index < -0.39 is 0 Å². The fourth-order valence-corrected chi connectivity index (χ4v) is 3.62. The molecule has 154 valence electrons. The topological polar surface area (TPSA) is 78.0 Å². The highest BCUT2D eigenvalue weighted by Crippen LogP contribution is 2.14. The first-order valence-corrected chi connectivity index (χ1v) is 10.1. The maximum absolute atomic E-state index is 12.6. The Labute approximate surface area is 166 Å². The van der Waals surface area contributed by atoms with Gasteiger partial charge in [-0.25, -0.2) is 4.79 Å². The molecule has 1 aromatic heterocycles. The first-order valence-electron chi connectivity index (χ1n) is 10.1. The van der Waals surface area contributed by atoms with Crippen LogP contribution in [-0.2, 0) is 4.74 Å². The number of hydrogen-bond acceptors (Lipinski definition) is 5. The molecule has 3 amide bonds. The second-order valence-corrected chi connectivity index (χ2v) is 7.40. The molecule has 0 radical (unpaired) electrons. The van der Waals surface area contributed by atoms with Crippen molar-refractivity contribution in [3.63, 3.8) is 0 Å². The van der Waals surface area contributed by atoms with Gasteiger partial charge in [0.1, 0.15) is 0 Å². The van der Waals surface area contributed by atoms with Crippen LogP contribution < -0.4 is 5.32 Å². The Morgan fingerprint density at radius 1 is 1.18 bits per heavy atom. The van der Waals surface area contributed by atoms with Gasteiger partial charge in [0, 0.05) is 70.4 Å². The Kier molecular flexibility index (Phi) is 7.22. The van der Waals surface area contributed by atoms with Gasteiger partial charge in [0.25, 0.3) is 5.91 Å². The average molecular weight is 390 g/mol. The number of aromatic nitrogens is 1. The van der Waals surface area contributed by atoms with Gasteiger partial charge in [-0.3, -0.25) is 14.7 Å². The van der Waals surface area contributed by atoms with Gasteiger partial charge in [0.05, 0.1) is 12.2 Å². The molecule has 0 spiro atoms. The van der Waals surface area contributed by atoms with E-state index >= 15 is 0 Å². The van der Waals surface area contributed by atoms with E-state index in [0.29, 0.717) is 18.7 Å². The smallest absolute Gasteiger partial charge is 0.317 e. The van der Waals surface area contributed by atoms with Crippen LogP contribution in [0.3, 0.4) is 0 Å². The fourth-order valence-electron chi connectivity index (χ4n) is 3.62. The lowest BCUT2D eigenvalue weighted by Crippen LogP contribution is -2.54. The molecule has 0 aromatic carbocycles. The van der Waals surface area contributed by atoms with Crippen molar-refractivity contribution >= 4 is 11.9 Å². The molecule has 0 bridgehead atoms. The van der Waals surface area contributed by atoms with E-state index in [0.717, 1.165) is 58.1 Å². The molecule has 1 N–H and O–H groups in total. The van der Waals surface area contributed by atoms with Gasteiger partial charge in [-0.1, -0.05) is 0 Å². The molecule has 28 heavy (non-hydrogen) atoms. The number of nitrogens with zero attached hydrogens (tertiary/aromatic N) is 4. The fraction of sp³-hybridized carbons (Fsp3) is 0.650. The second-order valence-electron chi connectivity index (χ2n) is 7.40. The summed E-state index contributed by atoms with van der Waals surface area (Å²) in [5, 5.41) is 3.10. The number of piperazine rings is 1. The molecule has 2 aliphatic heterocycles. The van der Waals surface area contributed by atoms with Crippen LogP contribution in [0.25, 0.3) is 0 Å². The molecule has 2 fully saturated rings. The molecule has 2 aliphatic rings. The van der Waals surface area contributed by atoms with Crippen molar-refractivity contribution in [3.05, 3.63) is 29.6 Å². The van der Waals surface area contributed by atoms with Gasteiger partial charge in [-0.15, -0.1) is 0 Å². The van der Waals surface area contributed by atoms with E-state index in [1.165, 1.54) is 0 Å². The number of pyridine rings is 1. The summed E-state index contributed by atoms with van der Waals surface area (Å²) >= 11 is 0. The van der Waals surface area contributed by atoms with Gasteiger partial charge < -0.3 is 19.9 Å². The molecule has 8 nitrogen and oxygen atoms in total. The first-order chi connectivity index (χ1) is 13.6. The van der Waals surface area contributed by atoms with Crippen molar-refractivity contribution in [3.8, 4) is 0 Å². The predicted molar refractivity (Wildman–Crippen MR) is 106 cm³/mol. The number of rotatable bonds is 6. The second kappa shape index (κ2) is 9.84. The third-order valence-corrected chi connectivity index (χ3v) is 5.38. The monoisotopic (exact) mass is 389 g/mol. The Morgan fingerprint density at radius 3 is 2.64 bits per heavy atom. The zero-order valence-electron chi connectivity index (χ0n) is 16.9. The van der Waals surface area contributed by atoms with Crippen molar-refractivity contribution in [2.45, 2.75) is 26.3 Å². The molecule has 0 unspecified atom stereocenters. The number of carbonyl (C=O) groups excluding carboxylic acids is 2. The highest BCUT2D eigenvalue weighted by Gasteiger charge is 2.30. The maximum Gasteiger partial charge on any atom is 0.317 e. The van der Waals surface area contributed by atoms with Gasteiger partial charge in [-0.2, -0.15) is 0 Å². The number of amides is 3. The number of hydrogen-bond donors (Lipinski definition) is 1. The van der Waals surface area contributed by atoms with E-state index in [9.17, 15) is 9.59 Å². The zero-order valence-corrected chi connectivity index (χ0v) is 16.9. The third kappa shape index (κ3) is 5.42. The lowest BCUT2D eigenvalue weighted by atomic mass is 10.2. The minimum Gasteiger partial charge on any atom is -0.380 e. The number of likely N-dealkylation sites (tertiary alicyclic amines) is 1. The summed E-state index contributed by atoms with van der Waals surface area (Å²) in [5.41, 5.74) is 1.49. The summed E-state index contributed by atoms with van der Waals surface area (Å²) in [4.78, 5) is 35.3. The number of urea groups is 1. The van der Waals surface area contributed by atoms with Crippen molar-refractivity contribution in [1.29, 1.82) is 0 Å². The molecule has 0 saturated carbocycles. The lowest BCUT2D eigenvalue weighted by molar-refractivity contribution is 0.0785. The third-order valence-electron chi connectivity index (χ3n) is 5.38. The van der Waals surface area contributed by atoms with Gasteiger partial charge >= 0.3 is 6.03 Å². The molecular weight excluding hydrogens is 358 g/mol. The minimum absolute atomic E-state index is 0.00541. The van der Waals surface area contributed by atoms with Crippen LogP contribution in [0.4, 0.5) is 4.79 Å². The van der Waals surface area contributed by atoms with Crippen LogP contribution in [0, 0.1) is 6.92 Å². The van der Waals surface area contributed by atoms with Crippen molar-refractivity contribution in [2.24, 2.45) is 0 Å². The van der Waals surface area contributed by atoms with Crippen LogP contribution in [0.5, 0.6) is 0 Å². The van der Waals surface area contributed by atoms with E-state index in [-0.39, 0.29) is 18.0 Å². The Morgan fingerprint density at radius 2 is 1.96 bits per heavy atom. The standard InChI is InChI=1S/C20H31N5O3/c1-3-28-13-12-23-8-10-24(11-9-23)20(27)22-18-6-7-25(15-18)19(26)17-5-4-16(2)21-14-17/h4-5,14,18H,3,6-13,15H2,1-2H3,(H,22,27)/t18-/m1/s1. The van der Waals surface area contributed by atoms with Gasteiger partial charge in [0.15, 0.2) is 0 Å². The molecule has 1 aromatic rings. The van der Waals surface area contributed by atoms with Crippen LogP contribution in [0.2, 0.25) is 0 Å². The predicted octanol–water partition coefficient (Wildman–Crippen LogP) is 0.968. The van der Waals surface area contributed by atoms with Gasteiger partial charge in [0.2, 0.25) is 0 Å². The average Bonchev–Trinajstić information content (AvgIpc) is 3.17. The highest BCUT2D eigenvalue weighted by molar-refractivity contribution is 5.94. The highest BCUT2D eigenvalue weighted by atomic mass is 16.5. The van der Waals surface area contributed by atoms with Crippen molar-refractivity contribution in [2.75, 3.05) is 59.0 Å². The van der Waals surface area contributed by atoms with Gasteiger partial charge in [-0.05, 0) is 32.4 Å². The molecule has 1 atom stereocenters. The van der Waals surface area contributed by atoms with Crippen LogP contribution >= 0.6 is 0 Å². The molecular formula is C20H31N5O3. The zero-order chi connectivity index (χ0) is 19.9. The van der Waals surface area contributed by atoms with Crippen LogP contribution in [0.1, 0.15) is 29.4 Å². The van der Waals surface area contributed by atoms with Crippen LogP contribution in [-0.4, -0.2) is 96.7 Å². The van der Waals surface area contributed by atoms with Crippen LogP contribution in [0.15, 0.2) is 18.3 Å². The molecule has 3 heterocycles. The Bertz CT molecular complexity index is 658. The maximum atomic E-state index is 12.6. The number of carbonyl (C=O) groups is 2. The van der Waals surface area contributed by atoms with Crippen molar-refractivity contribution in [1.82, 2.24) is 25.0 Å². The summed E-state index contributed by atoms with van der Waals surface area (Å²) in [5.74, 6) is -0.0211. The normalized spacial score (nSPS) is 20.4. The number of aryl methyl sites for hydroxylation is 1. The molecule has 8 heteroatoms. The summed E-state index contributed by atoms with van der Waals surface area (Å²) in [6, 6.07) is 3.63. The summed E-state index contributed by atoms with van der Waals surface area (Å²) in [6.45, 7) is 10.7. The lowest BCUT2D eigenvalue weighted by Gasteiger charge is -2.35. The number of nitrogens with one attached hydrogen (secondary N) is 1. The molecule has 2 saturated heterocycles. The van der Waals surface area contributed by atoms with E-state index in [2.05, 4.69) is 15.2 Å². The largest absolute Gasteiger partial charge is 0.380 e. The molecule has 0 aliphatic carbocycles. The van der Waals surface area contributed by atoms with E-state index in [1.807, 2.05) is 30.9 Å². The summed E-state index contributed by atoms with van der Waals surface area (Å²) in [7, 11) is 0. The Hall–Kier alpha value is -2.19. The quantitative estimate of drug-likeness (QED) is 0.734. The van der Waals surface area contributed by atoms with E-state index in [4.69, 9.17) is 4.74 Å². The summed E-state index contributed by atoms with van der Waals surface area (Å²) < 4.78 is 5.40. The minimum atomic E-state index is -0.0271. The summed E-state index contributed by atoms with van der Waals surface area (Å²) in [6.07, 6.45) is 2.40. The SMILES string of the molecule is CCOCCN1CCN(C(=O)N[C@@H]2CCN(C(=O)c3ccc(C)nc3)C2)CC1. The first kappa shape index (κ1) is 20.5. The molecule has 3 rings (SSSR count). The Balaban J connectivity index is 1.41. The van der Waals surface area contributed by atoms with E-state index in [1.54, 1.807) is 11.1 Å². The number of ether oxygens (including phenoxy) is 1.